The van der Waals surface area contributed by atoms with Gasteiger partial charge in [-0.3, -0.25) is 19.3 Å². The molecule has 4 rings (SSSR count). The molecule has 2 aromatic carbocycles. The Kier molecular flexibility index (Phi) is 6.08. The second-order valence-electron chi connectivity index (χ2n) is 7.86. The topological polar surface area (TPSA) is 88.2 Å². The summed E-state index contributed by atoms with van der Waals surface area (Å²) < 4.78 is 10.7. The van der Waals surface area contributed by atoms with Gasteiger partial charge in [-0.15, -0.1) is 0 Å². The van der Waals surface area contributed by atoms with E-state index >= 15 is 0 Å². The Hall–Kier alpha value is -3.10. The highest BCUT2D eigenvalue weighted by Gasteiger charge is 2.53. The molecule has 1 fully saturated rings. The van der Waals surface area contributed by atoms with Crippen LogP contribution in [0.15, 0.2) is 42.5 Å². The number of benzene rings is 2. The van der Waals surface area contributed by atoms with Crippen LogP contribution in [0.25, 0.3) is 0 Å². The number of ether oxygens (including phenoxy) is 2. The molecule has 9 heteroatoms. The molecule has 8 nitrogen and oxygen atoms in total. The Bertz CT molecular complexity index is 1080. The van der Waals surface area contributed by atoms with Crippen molar-refractivity contribution in [3.8, 4) is 5.75 Å². The van der Waals surface area contributed by atoms with Crippen molar-refractivity contribution in [3.05, 3.63) is 53.1 Å². The van der Waals surface area contributed by atoms with E-state index in [2.05, 4.69) is 5.32 Å². The minimum absolute atomic E-state index is 0.0680. The van der Waals surface area contributed by atoms with Crippen LogP contribution in [-0.2, 0) is 14.3 Å². The molecule has 32 heavy (non-hydrogen) atoms. The van der Waals surface area contributed by atoms with Crippen molar-refractivity contribution in [1.29, 1.82) is 0 Å². The van der Waals surface area contributed by atoms with E-state index in [4.69, 9.17) is 21.1 Å². The molecule has 2 heterocycles. The zero-order chi connectivity index (χ0) is 22.9. The normalized spacial score (nSPS) is 19.6. The SMILES string of the molecule is COCCOc1c(Cl)cccc1NC(=O)CN1C(=O)c2ccccc2N2C(=O)CCC12C. The van der Waals surface area contributed by atoms with Crippen molar-refractivity contribution >= 4 is 40.7 Å². The average molecular weight is 458 g/mol. The Morgan fingerprint density at radius 3 is 2.72 bits per heavy atom. The number of nitrogens with one attached hydrogen (secondary N) is 1. The summed E-state index contributed by atoms with van der Waals surface area (Å²) in [5, 5.41) is 3.14. The molecular weight excluding hydrogens is 434 g/mol. The summed E-state index contributed by atoms with van der Waals surface area (Å²) in [6, 6.07) is 12.0. The summed E-state index contributed by atoms with van der Waals surface area (Å²) >= 11 is 6.25. The predicted octanol–water partition coefficient (Wildman–Crippen LogP) is 3.30. The first-order valence-corrected chi connectivity index (χ1v) is 10.7. The molecule has 1 saturated heterocycles. The van der Waals surface area contributed by atoms with E-state index in [0.29, 0.717) is 47.2 Å². The van der Waals surface area contributed by atoms with Gasteiger partial charge < -0.3 is 19.7 Å². The first-order valence-electron chi connectivity index (χ1n) is 10.3. The number of carbonyl (C=O) groups excluding carboxylic acids is 3. The molecule has 0 spiro atoms. The number of hydrogen-bond acceptors (Lipinski definition) is 5. The Labute approximate surface area is 191 Å². The lowest BCUT2D eigenvalue weighted by Gasteiger charge is -2.48. The molecule has 1 N–H and O–H groups in total. The second kappa shape index (κ2) is 8.80. The molecule has 0 aromatic heterocycles. The summed E-state index contributed by atoms with van der Waals surface area (Å²) in [6.45, 7) is 2.22. The number of fused-ring (bicyclic) bond motifs is 3. The highest BCUT2D eigenvalue weighted by molar-refractivity contribution is 6.32. The van der Waals surface area contributed by atoms with E-state index in [9.17, 15) is 14.4 Å². The molecule has 0 bridgehead atoms. The van der Waals surface area contributed by atoms with Crippen LogP contribution >= 0.6 is 11.6 Å². The van der Waals surface area contributed by atoms with E-state index in [-0.39, 0.29) is 25.0 Å². The summed E-state index contributed by atoms with van der Waals surface area (Å²) in [5.41, 5.74) is 0.474. The third-order valence-corrected chi connectivity index (χ3v) is 6.12. The van der Waals surface area contributed by atoms with Gasteiger partial charge in [-0.1, -0.05) is 29.8 Å². The summed E-state index contributed by atoms with van der Waals surface area (Å²) in [5.74, 6) is -0.440. The Morgan fingerprint density at radius 1 is 1.16 bits per heavy atom. The lowest BCUT2D eigenvalue weighted by molar-refractivity contribution is -0.120. The number of amides is 3. The molecule has 168 valence electrons. The molecule has 3 amide bonds. The number of halogens is 1. The number of para-hydroxylation sites is 2. The molecular formula is C23H24ClN3O5. The van der Waals surface area contributed by atoms with E-state index in [1.54, 1.807) is 54.5 Å². The van der Waals surface area contributed by atoms with Crippen LogP contribution in [0, 0.1) is 0 Å². The first kappa shape index (κ1) is 22.1. The van der Waals surface area contributed by atoms with Crippen molar-refractivity contribution in [1.82, 2.24) is 4.90 Å². The lowest BCUT2D eigenvalue weighted by Crippen LogP contribution is -2.63. The van der Waals surface area contributed by atoms with Gasteiger partial charge >= 0.3 is 0 Å². The number of carbonyl (C=O) groups is 3. The van der Waals surface area contributed by atoms with E-state index in [1.165, 1.54) is 4.90 Å². The van der Waals surface area contributed by atoms with Crippen molar-refractivity contribution < 1.29 is 23.9 Å². The number of hydrogen-bond donors (Lipinski definition) is 1. The minimum Gasteiger partial charge on any atom is -0.487 e. The van der Waals surface area contributed by atoms with Crippen LogP contribution in [0.1, 0.15) is 30.1 Å². The molecule has 0 aliphatic carbocycles. The third kappa shape index (κ3) is 3.80. The van der Waals surface area contributed by atoms with Crippen LogP contribution in [0.2, 0.25) is 5.02 Å². The van der Waals surface area contributed by atoms with Gasteiger partial charge in [0.2, 0.25) is 11.8 Å². The zero-order valence-electron chi connectivity index (χ0n) is 17.9. The standard InChI is InChI=1S/C23H24ClN3O5/c1-23-11-10-20(29)27(23)18-9-4-3-6-15(18)22(30)26(23)14-19(28)25-17-8-5-7-16(24)21(17)32-13-12-31-2/h3-9H,10-14H2,1-2H3,(H,25,28). The molecule has 2 aliphatic rings. The molecule has 1 atom stereocenters. The van der Waals surface area contributed by atoms with E-state index < -0.39 is 11.6 Å². The number of nitrogens with zero attached hydrogens (tertiary/aromatic N) is 2. The fourth-order valence-electron chi connectivity index (χ4n) is 4.26. The van der Waals surface area contributed by atoms with Gasteiger partial charge in [-0.25, -0.2) is 0 Å². The highest BCUT2D eigenvalue weighted by Crippen LogP contribution is 2.44. The maximum atomic E-state index is 13.3. The van der Waals surface area contributed by atoms with E-state index in [0.717, 1.165) is 0 Å². The van der Waals surface area contributed by atoms with Gasteiger partial charge in [0.05, 0.1) is 28.6 Å². The van der Waals surface area contributed by atoms with Crippen molar-refractivity contribution in [3.63, 3.8) is 0 Å². The maximum Gasteiger partial charge on any atom is 0.258 e. The van der Waals surface area contributed by atoms with Crippen LogP contribution in [0.4, 0.5) is 11.4 Å². The fourth-order valence-corrected chi connectivity index (χ4v) is 4.48. The Balaban J connectivity index is 1.58. The van der Waals surface area contributed by atoms with Crippen molar-refractivity contribution in [2.75, 3.05) is 37.1 Å². The lowest BCUT2D eigenvalue weighted by atomic mass is 9.98. The van der Waals surface area contributed by atoms with Crippen molar-refractivity contribution in [2.45, 2.75) is 25.4 Å². The highest BCUT2D eigenvalue weighted by atomic mass is 35.5. The third-order valence-electron chi connectivity index (χ3n) is 5.82. The van der Waals surface area contributed by atoms with E-state index in [1.807, 2.05) is 6.92 Å². The van der Waals surface area contributed by atoms with Crippen LogP contribution in [-0.4, -0.2) is 55.2 Å². The van der Waals surface area contributed by atoms with Crippen LogP contribution in [0.3, 0.4) is 0 Å². The molecule has 0 radical (unpaired) electrons. The van der Waals surface area contributed by atoms with Gasteiger partial charge in [0.15, 0.2) is 5.75 Å². The summed E-state index contributed by atoms with van der Waals surface area (Å²) in [6.07, 6.45) is 0.754. The number of rotatable bonds is 7. The predicted molar refractivity (Wildman–Crippen MR) is 120 cm³/mol. The Morgan fingerprint density at radius 2 is 1.94 bits per heavy atom. The van der Waals surface area contributed by atoms with Gasteiger partial charge in [0, 0.05) is 13.5 Å². The molecule has 1 unspecified atom stereocenters. The quantitative estimate of drug-likeness (QED) is 0.644. The van der Waals surface area contributed by atoms with Gasteiger partial charge in [0.1, 0.15) is 18.8 Å². The largest absolute Gasteiger partial charge is 0.487 e. The van der Waals surface area contributed by atoms with Gasteiger partial charge in [-0.2, -0.15) is 0 Å². The number of anilines is 2. The fraction of sp³-hybridized carbons (Fsp3) is 0.348. The van der Waals surface area contributed by atoms with Gasteiger partial charge in [0.25, 0.3) is 5.91 Å². The molecule has 2 aromatic rings. The van der Waals surface area contributed by atoms with Crippen LogP contribution in [0.5, 0.6) is 5.75 Å². The minimum atomic E-state index is -0.911. The molecule has 2 aliphatic heterocycles. The smallest absolute Gasteiger partial charge is 0.258 e. The molecule has 0 saturated carbocycles. The average Bonchev–Trinajstić information content (AvgIpc) is 3.08. The second-order valence-corrected chi connectivity index (χ2v) is 8.27. The number of methoxy groups -OCH3 is 1. The maximum absolute atomic E-state index is 13.3. The van der Waals surface area contributed by atoms with Crippen molar-refractivity contribution in [2.24, 2.45) is 0 Å². The zero-order valence-corrected chi connectivity index (χ0v) is 18.6. The van der Waals surface area contributed by atoms with Gasteiger partial charge in [-0.05, 0) is 37.6 Å². The summed E-state index contributed by atoms with van der Waals surface area (Å²) in [4.78, 5) is 42.1. The summed E-state index contributed by atoms with van der Waals surface area (Å²) in [7, 11) is 1.56. The first-order chi connectivity index (χ1) is 15.4. The monoisotopic (exact) mass is 457 g/mol. The van der Waals surface area contributed by atoms with Crippen LogP contribution < -0.4 is 15.0 Å².